The van der Waals surface area contributed by atoms with Crippen molar-refractivity contribution in [1.82, 2.24) is 19.8 Å². The predicted octanol–water partition coefficient (Wildman–Crippen LogP) is 2.25. The van der Waals surface area contributed by atoms with Gasteiger partial charge in [0.2, 0.25) is 11.8 Å². The largest absolute Gasteiger partial charge is 0.342 e. The third-order valence-corrected chi connectivity index (χ3v) is 5.74. The Kier molecular flexibility index (Phi) is 5.11. The molecule has 0 bridgehead atoms. The van der Waals surface area contributed by atoms with Gasteiger partial charge in [-0.3, -0.25) is 9.59 Å². The van der Waals surface area contributed by atoms with Crippen molar-refractivity contribution in [2.75, 3.05) is 19.6 Å². The summed E-state index contributed by atoms with van der Waals surface area (Å²) in [7, 11) is 0. The van der Waals surface area contributed by atoms with Crippen LogP contribution in [0, 0.1) is 6.92 Å². The van der Waals surface area contributed by atoms with Crippen LogP contribution >= 0.6 is 0 Å². The highest BCUT2D eigenvalue weighted by atomic mass is 16.2. The van der Waals surface area contributed by atoms with Crippen LogP contribution in [-0.4, -0.2) is 51.2 Å². The lowest BCUT2D eigenvalue weighted by atomic mass is 10.0. The number of aryl methyl sites for hydroxylation is 1. The Morgan fingerprint density at radius 2 is 2.07 bits per heavy atom. The molecule has 0 aliphatic carbocycles. The number of likely N-dealkylation sites (tertiary alicyclic amines) is 1. The number of amides is 2. The van der Waals surface area contributed by atoms with E-state index in [1.165, 1.54) is 5.56 Å². The first-order chi connectivity index (χ1) is 13.5. The van der Waals surface area contributed by atoms with Gasteiger partial charge in [-0.15, -0.1) is 0 Å². The molecule has 2 aliphatic rings. The molecular formula is C22H26N4O2. The summed E-state index contributed by atoms with van der Waals surface area (Å²) in [5.74, 6) is 1.31. The molecule has 0 radical (unpaired) electrons. The van der Waals surface area contributed by atoms with E-state index in [4.69, 9.17) is 4.98 Å². The van der Waals surface area contributed by atoms with Crippen molar-refractivity contribution >= 4 is 11.8 Å². The van der Waals surface area contributed by atoms with E-state index in [1.807, 2.05) is 41.1 Å². The van der Waals surface area contributed by atoms with Gasteiger partial charge in [-0.05, 0) is 18.9 Å². The summed E-state index contributed by atoms with van der Waals surface area (Å²) in [6.07, 6.45) is 3.98. The van der Waals surface area contributed by atoms with E-state index in [-0.39, 0.29) is 17.7 Å². The first-order valence-electron chi connectivity index (χ1n) is 9.93. The molecule has 0 spiro atoms. The van der Waals surface area contributed by atoms with Crippen LogP contribution in [0.2, 0.25) is 0 Å². The molecule has 6 nitrogen and oxygen atoms in total. The van der Waals surface area contributed by atoms with Gasteiger partial charge >= 0.3 is 0 Å². The lowest BCUT2D eigenvalue weighted by Crippen LogP contribution is -2.37. The van der Waals surface area contributed by atoms with Gasteiger partial charge in [0.25, 0.3) is 0 Å². The topological polar surface area (TPSA) is 66.4 Å². The van der Waals surface area contributed by atoms with Crippen LogP contribution in [0.25, 0.3) is 0 Å². The third kappa shape index (κ3) is 3.91. The van der Waals surface area contributed by atoms with Crippen LogP contribution in [0.1, 0.15) is 47.5 Å². The predicted molar refractivity (Wildman–Crippen MR) is 106 cm³/mol. The van der Waals surface area contributed by atoms with Crippen LogP contribution in [-0.2, 0) is 29.0 Å². The average molecular weight is 378 g/mol. The summed E-state index contributed by atoms with van der Waals surface area (Å²) in [6, 6.07) is 8.11. The molecule has 28 heavy (non-hydrogen) atoms. The Balaban J connectivity index is 1.42. The molecule has 1 atom stereocenters. The second-order valence-corrected chi connectivity index (χ2v) is 7.88. The number of nitrogens with zero attached hydrogens (tertiary/aromatic N) is 4. The third-order valence-electron chi connectivity index (χ3n) is 5.74. The molecule has 0 N–H and O–H groups in total. The Hall–Kier alpha value is -2.76. The van der Waals surface area contributed by atoms with Crippen LogP contribution in [0.4, 0.5) is 0 Å². The van der Waals surface area contributed by atoms with Crippen LogP contribution < -0.4 is 0 Å². The average Bonchev–Trinajstić information content (AvgIpc) is 3.18. The SMILES string of the molecule is CC(=O)N1CC[C@@H](c2ncc3c(n2)CCN(C(=O)Cc2cccc(C)c2)C3)C1. The molecule has 1 aromatic heterocycles. The lowest BCUT2D eigenvalue weighted by Gasteiger charge is -2.28. The number of fused-ring (bicyclic) bond motifs is 1. The minimum atomic E-state index is 0.114. The molecule has 2 aliphatic heterocycles. The molecule has 1 aromatic carbocycles. The van der Waals surface area contributed by atoms with E-state index >= 15 is 0 Å². The van der Waals surface area contributed by atoms with Crippen LogP contribution in [0.15, 0.2) is 30.5 Å². The standard InChI is InChI=1S/C22H26N4O2/c1-15-4-3-5-17(10-15)11-21(28)26-9-7-20-19(14-26)12-23-22(24-20)18-6-8-25(13-18)16(2)27/h3-5,10,12,18H,6-9,11,13-14H2,1-2H3/t18-/m1/s1. The van der Waals surface area contributed by atoms with Crippen molar-refractivity contribution in [2.45, 2.75) is 45.6 Å². The maximum atomic E-state index is 12.7. The van der Waals surface area contributed by atoms with Crippen molar-refractivity contribution in [3.05, 3.63) is 58.7 Å². The van der Waals surface area contributed by atoms with E-state index in [9.17, 15) is 9.59 Å². The normalized spacial score (nSPS) is 18.9. The minimum Gasteiger partial charge on any atom is -0.342 e. The summed E-state index contributed by atoms with van der Waals surface area (Å²) in [5, 5.41) is 0. The minimum absolute atomic E-state index is 0.114. The molecule has 6 heteroatoms. The van der Waals surface area contributed by atoms with Gasteiger partial charge in [-0.2, -0.15) is 0 Å². The summed E-state index contributed by atoms with van der Waals surface area (Å²) in [6.45, 7) is 6.40. The summed E-state index contributed by atoms with van der Waals surface area (Å²) >= 11 is 0. The van der Waals surface area contributed by atoms with Gasteiger partial charge in [-0.25, -0.2) is 9.97 Å². The maximum Gasteiger partial charge on any atom is 0.227 e. The lowest BCUT2D eigenvalue weighted by molar-refractivity contribution is -0.131. The number of rotatable bonds is 3. The zero-order chi connectivity index (χ0) is 19.7. The molecule has 0 unspecified atom stereocenters. The molecule has 2 aromatic rings. The van der Waals surface area contributed by atoms with E-state index in [0.717, 1.165) is 42.0 Å². The number of benzene rings is 1. The number of hydrogen-bond donors (Lipinski definition) is 0. The Morgan fingerprint density at radius 1 is 1.21 bits per heavy atom. The zero-order valence-electron chi connectivity index (χ0n) is 16.5. The first-order valence-corrected chi connectivity index (χ1v) is 9.93. The molecule has 1 saturated heterocycles. The van der Waals surface area contributed by atoms with E-state index in [2.05, 4.69) is 11.1 Å². The number of hydrogen-bond acceptors (Lipinski definition) is 4. The van der Waals surface area contributed by atoms with E-state index < -0.39 is 0 Å². The molecular weight excluding hydrogens is 352 g/mol. The van der Waals surface area contributed by atoms with Gasteiger partial charge in [0.1, 0.15) is 5.82 Å². The summed E-state index contributed by atoms with van der Waals surface area (Å²) in [5.41, 5.74) is 4.31. The quantitative estimate of drug-likeness (QED) is 0.822. The fourth-order valence-corrected chi connectivity index (χ4v) is 4.11. The zero-order valence-corrected chi connectivity index (χ0v) is 16.5. The molecule has 2 amide bonds. The van der Waals surface area contributed by atoms with Gasteiger partial charge < -0.3 is 9.80 Å². The monoisotopic (exact) mass is 378 g/mol. The fourth-order valence-electron chi connectivity index (χ4n) is 4.11. The van der Waals surface area contributed by atoms with Crippen LogP contribution in [0.5, 0.6) is 0 Å². The second kappa shape index (κ2) is 7.70. The Labute approximate surface area is 165 Å². The highest BCUT2D eigenvalue weighted by Gasteiger charge is 2.29. The Morgan fingerprint density at radius 3 is 2.82 bits per heavy atom. The van der Waals surface area contributed by atoms with Gasteiger partial charge in [0.05, 0.1) is 12.1 Å². The fraction of sp³-hybridized carbons (Fsp3) is 0.455. The maximum absolute atomic E-state index is 12.7. The first kappa shape index (κ1) is 18.6. The summed E-state index contributed by atoms with van der Waals surface area (Å²) < 4.78 is 0. The van der Waals surface area contributed by atoms with Gasteiger partial charge in [0, 0.05) is 57.2 Å². The molecule has 1 fully saturated rings. The highest BCUT2D eigenvalue weighted by Crippen LogP contribution is 2.26. The van der Waals surface area contributed by atoms with Crippen molar-refractivity contribution in [3.63, 3.8) is 0 Å². The Bertz CT molecular complexity index is 911. The van der Waals surface area contributed by atoms with Crippen molar-refractivity contribution in [3.8, 4) is 0 Å². The summed E-state index contributed by atoms with van der Waals surface area (Å²) in [4.78, 5) is 37.4. The van der Waals surface area contributed by atoms with Crippen molar-refractivity contribution in [1.29, 1.82) is 0 Å². The highest BCUT2D eigenvalue weighted by molar-refractivity contribution is 5.79. The van der Waals surface area contributed by atoms with Gasteiger partial charge in [-0.1, -0.05) is 29.8 Å². The number of carbonyl (C=O) groups excluding carboxylic acids is 2. The van der Waals surface area contributed by atoms with Crippen molar-refractivity contribution in [2.24, 2.45) is 0 Å². The van der Waals surface area contributed by atoms with E-state index in [1.54, 1.807) is 6.92 Å². The molecule has 3 heterocycles. The molecule has 146 valence electrons. The number of carbonyl (C=O) groups is 2. The molecule has 4 rings (SSSR count). The van der Waals surface area contributed by atoms with E-state index in [0.29, 0.717) is 26.1 Å². The molecule has 0 saturated carbocycles. The van der Waals surface area contributed by atoms with Gasteiger partial charge in [0.15, 0.2) is 0 Å². The number of aromatic nitrogens is 2. The second-order valence-electron chi connectivity index (χ2n) is 7.88. The van der Waals surface area contributed by atoms with Crippen molar-refractivity contribution < 1.29 is 9.59 Å². The van der Waals surface area contributed by atoms with Crippen LogP contribution in [0.3, 0.4) is 0 Å². The smallest absolute Gasteiger partial charge is 0.227 e.